The Balaban J connectivity index is 0.00000529. The van der Waals surface area contributed by atoms with Gasteiger partial charge in [-0.25, -0.2) is 4.79 Å². The van der Waals surface area contributed by atoms with Crippen LogP contribution in [0.1, 0.15) is 41.0 Å². The molecule has 144 valence electrons. The van der Waals surface area contributed by atoms with Crippen LogP contribution in [0, 0.1) is 11.8 Å². The number of amides is 1. The molecule has 1 heterocycles. The number of carbonyl (C=O) groups excluding carboxylic acids is 1. The first kappa shape index (κ1) is 23.5. The molecule has 0 radical (unpaired) electrons. The van der Waals surface area contributed by atoms with Crippen molar-refractivity contribution in [1.82, 2.24) is 14.7 Å². The van der Waals surface area contributed by atoms with E-state index in [0.717, 1.165) is 45.7 Å². The van der Waals surface area contributed by atoms with E-state index < -0.39 is 0 Å². The monoisotopic (exact) mass is 363 g/mol. The van der Waals surface area contributed by atoms with E-state index in [4.69, 9.17) is 4.74 Å². The normalized spacial score (nSPS) is 15.9. The topological polar surface area (TPSA) is 36.0 Å². The molecule has 0 aromatic heterocycles. The van der Waals surface area contributed by atoms with E-state index >= 15 is 0 Å². The van der Waals surface area contributed by atoms with E-state index in [1.165, 1.54) is 13.1 Å². The number of hydrogen-bond acceptors (Lipinski definition) is 4. The summed E-state index contributed by atoms with van der Waals surface area (Å²) in [6.07, 6.45) is 0.737. The van der Waals surface area contributed by atoms with Crippen LogP contribution < -0.4 is 0 Å². The lowest BCUT2D eigenvalue weighted by Crippen LogP contribution is -2.50. The van der Waals surface area contributed by atoms with Crippen molar-refractivity contribution in [2.75, 3.05) is 59.0 Å². The molecule has 5 nitrogen and oxygen atoms in total. The highest BCUT2D eigenvalue weighted by Gasteiger charge is 2.22. The lowest BCUT2D eigenvalue weighted by atomic mass is 10.1. The molecule has 1 fully saturated rings. The molecular weight excluding hydrogens is 326 g/mol. The summed E-state index contributed by atoms with van der Waals surface area (Å²) in [4.78, 5) is 18.7. The average molecular weight is 364 g/mol. The standard InChI is InChI=1S/C18H37N3O2.ClH/c1-6-13-23-18(22)21-11-9-19(10-12-21)7-8-20(14-16(2)3)15-17(4)5;/h16-17H,6-15H2,1-5H3;1H. The Labute approximate surface area is 155 Å². The molecule has 0 saturated carbocycles. The van der Waals surface area contributed by atoms with Crippen molar-refractivity contribution in [3.63, 3.8) is 0 Å². The molecule has 1 amide bonds. The number of ether oxygens (including phenoxy) is 1. The quantitative estimate of drug-likeness (QED) is 0.630. The Bertz CT molecular complexity index is 322. The average Bonchev–Trinajstić information content (AvgIpc) is 2.49. The van der Waals surface area contributed by atoms with Crippen LogP contribution in [0.25, 0.3) is 0 Å². The Kier molecular flexibility index (Phi) is 12.5. The highest BCUT2D eigenvalue weighted by Crippen LogP contribution is 2.07. The van der Waals surface area contributed by atoms with Gasteiger partial charge in [-0.3, -0.25) is 4.90 Å². The summed E-state index contributed by atoms with van der Waals surface area (Å²) in [5, 5.41) is 0. The number of nitrogens with zero attached hydrogens (tertiary/aromatic N) is 3. The second kappa shape index (κ2) is 12.8. The maximum atomic E-state index is 11.8. The molecule has 0 bridgehead atoms. The molecule has 24 heavy (non-hydrogen) atoms. The fraction of sp³-hybridized carbons (Fsp3) is 0.944. The Morgan fingerprint density at radius 1 is 1.04 bits per heavy atom. The van der Waals surface area contributed by atoms with Gasteiger partial charge in [-0.1, -0.05) is 34.6 Å². The van der Waals surface area contributed by atoms with E-state index in [-0.39, 0.29) is 18.5 Å². The minimum Gasteiger partial charge on any atom is -0.449 e. The second-order valence-electron chi connectivity index (χ2n) is 7.49. The first-order chi connectivity index (χ1) is 10.9. The largest absolute Gasteiger partial charge is 0.449 e. The first-order valence-electron chi connectivity index (χ1n) is 9.28. The van der Waals surface area contributed by atoms with Gasteiger partial charge in [0.2, 0.25) is 0 Å². The van der Waals surface area contributed by atoms with Crippen LogP contribution in [0.2, 0.25) is 0 Å². The minimum absolute atomic E-state index is 0. The summed E-state index contributed by atoms with van der Waals surface area (Å²) in [6.45, 7) is 19.7. The van der Waals surface area contributed by atoms with Gasteiger partial charge >= 0.3 is 6.09 Å². The lowest BCUT2D eigenvalue weighted by molar-refractivity contribution is 0.0721. The van der Waals surface area contributed by atoms with Crippen molar-refractivity contribution in [2.45, 2.75) is 41.0 Å². The molecular formula is C18H38ClN3O2. The van der Waals surface area contributed by atoms with Gasteiger partial charge in [0, 0.05) is 52.4 Å². The van der Waals surface area contributed by atoms with Crippen LogP contribution in [0.3, 0.4) is 0 Å². The smallest absolute Gasteiger partial charge is 0.409 e. The second-order valence-corrected chi connectivity index (χ2v) is 7.49. The van der Waals surface area contributed by atoms with Gasteiger partial charge in [-0.05, 0) is 18.3 Å². The van der Waals surface area contributed by atoms with Gasteiger partial charge in [0.05, 0.1) is 6.61 Å². The summed E-state index contributed by atoms with van der Waals surface area (Å²) in [5.41, 5.74) is 0. The number of hydrogen-bond donors (Lipinski definition) is 0. The van der Waals surface area contributed by atoms with E-state index in [1.54, 1.807) is 0 Å². The number of halogens is 1. The zero-order chi connectivity index (χ0) is 17.2. The van der Waals surface area contributed by atoms with Gasteiger partial charge in [-0.15, -0.1) is 12.4 Å². The third-order valence-electron chi connectivity index (χ3n) is 4.04. The summed E-state index contributed by atoms with van der Waals surface area (Å²) < 4.78 is 5.21. The van der Waals surface area contributed by atoms with Crippen LogP contribution >= 0.6 is 12.4 Å². The SMILES string of the molecule is CCCOC(=O)N1CCN(CCN(CC(C)C)CC(C)C)CC1.Cl. The van der Waals surface area contributed by atoms with Gasteiger partial charge in [0.1, 0.15) is 0 Å². The van der Waals surface area contributed by atoms with Crippen LogP contribution in [-0.2, 0) is 4.74 Å². The number of rotatable bonds is 9. The Morgan fingerprint density at radius 3 is 2.04 bits per heavy atom. The van der Waals surface area contributed by atoms with Crippen LogP contribution in [-0.4, -0.2) is 79.8 Å². The molecule has 1 aliphatic rings. The predicted molar refractivity (Wildman–Crippen MR) is 103 cm³/mol. The zero-order valence-electron chi connectivity index (χ0n) is 16.3. The van der Waals surface area contributed by atoms with Crippen molar-refractivity contribution in [2.24, 2.45) is 11.8 Å². The molecule has 0 aliphatic carbocycles. The van der Waals surface area contributed by atoms with Gasteiger partial charge in [0.25, 0.3) is 0 Å². The van der Waals surface area contributed by atoms with Crippen molar-refractivity contribution in [1.29, 1.82) is 0 Å². The van der Waals surface area contributed by atoms with Crippen molar-refractivity contribution < 1.29 is 9.53 Å². The molecule has 1 rings (SSSR count). The molecule has 1 aliphatic heterocycles. The summed E-state index contributed by atoms with van der Waals surface area (Å²) in [7, 11) is 0. The number of carbonyl (C=O) groups is 1. The third kappa shape index (κ3) is 9.70. The maximum Gasteiger partial charge on any atom is 0.409 e. The van der Waals surface area contributed by atoms with Crippen molar-refractivity contribution >= 4 is 18.5 Å². The first-order valence-corrected chi connectivity index (χ1v) is 9.28. The molecule has 1 saturated heterocycles. The predicted octanol–water partition coefficient (Wildman–Crippen LogP) is 3.19. The van der Waals surface area contributed by atoms with Crippen molar-refractivity contribution in [3.05, 3.63) is 0 Å². The molecule has 0 atom stereocenters. The zero-order valence-corrected chi connectivity index (χ0v) is 17.1. The highest BCUT2D eigenvalue weighted by molar-refractivity contribution is 5.85. The molecule has 0 aromatic rings. The van der Waals surface area contributed by atoms with E-state index in [0.29, 0.717) is 18.4 Å². The molecule has 6 heteroatoms. The van der Waals surface area contributed by atoms with E-state index in [2.05, 4.69) is 37.5 Å². The summed E-state index contributed by atoms with van der Waals surface area (Å²) >= 11 is 0. The molecule has 0 spiro atoms. The summed E-state index contributed by atoms with van der Waals surface area (Å²) in [5.74, 6) is 1.41. The van der Waals surface area contributed by atoms with E-state index in [1.807, 2.05) is 11.8 Å². The van der Waals surface area contributed by atoms with Gasteiger partial charge in [0.15, 0.2) is 0 Å². The van der Waals surface area contributed by atoms with Gasteiger partial charge in [-0.2, -0.15) is 0 Å². The number of piperazine rings is 1. The van der Waals surface area contributed by atoms with Gasteiger partial charge < -0.3 is 14.5 Å². The minimum atomic E-state index is -0.146. The maximum absolute atomic E-state index is 11.8. The lowest BCUT2D eigenvalue weighted by Gasteiger charge is -2.35. The Morgan fingerprint density at radius 2 is 1.58 bits per heavy atom. The van der Waals surface area contributed by atoms with Crippen LogP contribution in [0.5, 0.6) is 0 Å². The van der Waals surface area contributed by atoms with Crippen LogP contribution in [0.4, 0.5) is 4.79 Å². The third-order valence-corrected chi connectivity index (χ3v) is 4.04. The van der Waals surface area contributed by atoms with Crippen molar-refractivity contribution in [3.8, 4) is 0 Å². The molecule has 0 unspecified atom stereocenters. The highest BCUT2D eigenvalue weighted by atomic mass is 35.5. The molecule has 0 aromatic carbocycles. The fourth-order valence-electron chi connectivity index (χ4n) is 3.01. The Hall–Kier alpha value is -0.520. The van der Waals surface area contributed by atoms with Crippen LogP contribution in [0.15, 0.2) is 0 Å². The fourth-order valence-corrected chi connectivity index (χ4v) is 3.01. The molecule has 0 N–H and O–H groups in total. The van der Waals surface area contributed by atoms with E-state index in [9.17, 15) is 4.79 Å². The summed E-state index contributed by atoms with van der Waals surface area (Å²) in [6, 6.07) is 0.